The van der Waals surface area contributed by atoms with Gasteiger partial charge in [0.25, 0.3) is 0 Å². The van der Waals surface area contributed by atoms with Crippen molar-refractivity contribution in [3.63, 3.8) is 0 Å². The molecular weight excluding hydrogens is 168 g/mol. The molecule has 0 saturated heterocycles. The number of esters is 1. The number of carbonyl (C=O) groups excluding carboxylic acids is 2. The molecule has 0 aliphatic heterocycles. The molecule has 0 radical (unpaired) electrons. The molecular formula is C10H10O3. The van der Waals surface area contributed by atoms with E-state index in [0.29, 0.717) is 12.0 Å². The van der Waals surface area contributed by atoms with Crippen LogP contribution in [0.2, 0.25) is 0 Å². The Morgan fingerprint density at radius 2 is 2.31 bits per heavy atom. The Morgan fingerprint density at radius 1 is 1.54 bits per heavy atom. The van der Waals surface area contributed by atoms with E-state index in [2.05, 4.69) is 4.74 Å². The molecule has 13 heavy (non-hydrogen) atoms. The van der Waals surface area contributed by atoms with E-state index in [4.69, 9.17) is 0 Å². The van der Waals surface area contributed by atoms with Crippen LogP contribution < -0.4 is 0 Å². The second-order valence-electron chi connectivity index (χ2n) is 3.26. The summed E-state index contributed by atoms with van der Waals surface area (Å²) in [6.07, 6.45) is 6.11. The molecule has 2 rings (SSSR count). The molecule has 2 aliphatic carbocycles. The molecule has 0 aromatic rings. The SMILES string of the molecule is COC(=O)C1=CCC2C=CC1C2=O. The number of allylic oxidation sites excluding steroid dienone is 3. The fourth-order valence-corrected chi connectivity index (χ4v) is 1.83. The van der Waals surface area contributed by atoms with Crippen molar-refractivity contribution < 1.29 is 14.3 Å². The second kappa shape index (κ2) is 2.83. The fraction of sp³-hybridized carbons (Fsp3) is 0.400. The summed E-state index contributed by atoms with van der Waals surface area (Å²) in [7, 11) is 1.33. The lowest BCUT2D eigenvalue weighted by Crippen LogP contribution is -2.25. The van der Waals surface area contributed by atoms with Gasteiger partial charge in [-0.1, -0.05) is 18.2 Å². The van der Waals surface area contributed by atoms with Gasteiger partial charge in [0.1, 0.15) is 0 Å². The van der Waals surface area contributed by atoms with Crippen LogP contribution in [0, 0.1) is 11.8 Å². The van der Waals surface area contributed by atoms with Gasteiger partial charge in [0.2, 0.25) is 0 Å². The quantitative estimate of drug-likeness (QED) is 0.442. The largest absolute Gasteiger partial charge is 0.466 e. The molecule has 0 heterocycles. The van der Waals surface area contributed by atoms with Crippen molar-refractivity contribution in [2.24, 2.45) is 11.8 Å². The van der Waals surface area contributed by atoms with Gasteiger partial charge in [-0.15, -0.1) is 0 Å². The molecule has 0 aromatic heterocycles. The Hall–Kier alpha value is -1.38. The molecule has 3 heteroatoms. The molecule has 68 valence electrons. The van der Waals surface area contributed by atoms with Crippen LogP contribution in [-0.4, -0.2) is 18.9 Å². The van der Waals surface area contributed by atoms with E-state index in [1.807, 2.05) is 12.2 Å². The van der Waals surface area contributed by atoms with Crippen LogP contribution in [0.3, 0.4) is 0 Å². The molecule has 0 aromatic carbocycles. The van der Waals surface area contributed by atoms with Crippen LogP contribution in [0.5, 0.6) is 0 Å². The number of carbonyl (C=O) groups is 2. The monoisotopic (exact) mass is 178 g/mol. The fourth-order valence-electron chi connectivity index (χ4n) is 1.83. The number of Topliss-reactive ketones (excluding diaryl/α,β-unsaturated/α-hetero) is 1. The zero-order valence-electron chi connectivity index (χ0n) is 7.32. The predicted octanol–water partition coefficient (Wildman–Crippen LogP) is 0.861. The van der Waals surface area contributed by atoms with Gasteiger partial charge in [0, 0.05) is 11.5 Å². The van der Waals surface area contributed by atoms with Gasteiger partial charge in [-0.3, -0.25) is 4.79 Å². The Balaban J connectivity index is 2.31. The second-order valence-corrected chi connectivity index (χ2v) is 3.26. The van der Waals surface area contributed by atoms with Gasteiger partial charge in [-0.2, -0.15) is 0 Å². The lowest BCUT2D eigenvalue weighted by molar-refractivity contribution is -0.138. The van der Waals surface area contributed by atoms with Gasteiger partial charge in [-0.05, 0) is 6.42 Å². The van der Waals surface area contributed by atoms with Gasteiger partial charge in [-0.25, -0.2) is 4.79 Å². The minimum Gasteiger partial charge on any atom is -0.466 e. The normalized spacial score (nSPS) is 30.2. The zero-order valence-corrected chi connectivity index (χ0v) is 7.32. The zero-order chi connectivity index (χ0) is 9.42. The minimum atomic E-state index is -0.386. The average molecular weight is 178 g/mol. The van der Waals surface area contributed by atoms with Gasteiger partial charge in [0.15, 0.2) is 5.78 Å². The third-order valence-corrected chi connectivity index (χ3v) is 2.56. The first-order chi connectivity index (χ1) is 6.24. The maximum absolute atomic E-state index is 11.5. The Kier molecular flexibility index (Phi) is 1.79. The molecule has 3 nitrogen and oxygen atoms in total. The maximum atomic E-state index is 11.5. The number of rotatable bonds is 1. The Bertz CT molecular complexity index is 325. The highest BCUT2D eigenvalue weighted by Gasteiger charge is 2.37. The van der Waals surface area contributed by atoms with Crippen LogP contribution in [0.15, 0.2) is 23.8 Å². The number of fused-ring (bicyclic) bond motifs is 2. The van der Waals surface area contributed by atoms with E-state index in [9.17, 15) is 9.59 Å². The molecule has 0 spiro atoms. The predicted molar refractivity (Wildman–Crippen MR) is 45.8 cm³/mol. The molecule has 2 bridgehead atoms. The van der Waals surface area contributed by atoms with Crippen molar-refractivity contribution in [3.8, 4) is 0 Å². The van der Waals surface area contributed by atoms with Crippen LogP contribution >= 0.6 is 0 Å². The Labute approximate surface area is 76.1 Å². The van der Waals surface area contributed by atoms with Crippen molar-refractivity contribution in [1.29, 1.82) is 0 Å². The van der Waals surface area contributed by atoms with Crippen LogP contribution in [0.1, 0.15) is 6.42 Å². The third-order valence-electron chi connectivity index (χ3n) is 2.56. The van der Waals surface area contributed by atoms with Crippen molar-refractivity contribution in [3.05, 3.63) is 23.8 Å². The Morgan fingerprint density at radius 3 is 3.00 bits per heavy atom. The van der Waals surface area contributed by atoms with Crippen molar-refractivity contribution in [1.82, 2.24) is 0 Å². The summed E-state index contributed by atoms with van der Waals surface area (Å²) in [4.78, 5) is 22.7. The molecule has 0 N–H and O–H groups in total. The van der Waals surface area contributed by atoms with Crippen molar-refractivity contribution in [2.45, 2.75) is 6.42 Å². The summed E-state index contributed by atoms with van der Waals surface area (Å²) in [5.74, 6) is -0.601. The first kappa shape index (κ1) is 8.23. The average Bonchev–Trinajstić information content (AvgIpc) is 2.41. The highest BCUT2D eigenvalue weighted by Crippen LogP contribution is 2.33. The van der Waals surface area contributed by atoms with Gasteiger partial charge < -0.3 is 4.74 Å². The minimum absolute atomic E-state index is 0.00148. The molecule has 2 unspecified atom stereocenters. The molecule has 2 aliphatic rings. The number of ketones is 1. The van der Waals surface area contributed by atoms with Crippen LogP contribution in [-0.2, 0) is 14.3 Å². The molecule has 2 atom stereocenters. The van der Waals surface area contributed by atoms with E-state index < -0.39 is 0 Å². The van der Waals surface area contributed by atoms with Crippen molar-refractivity contribution >= 4 is 11.8 Å². The lowest BCUT2D eigenvalue weighted by atomic mass is 9.86. The smallest absolute Gasteiger partial charge is 0.334 e. The van der Waals surface area contributed by atoms with E-state index in [1.165, 1.54) is 7.11 Å². The van der Waals surface area contributed by atoms with Crippen LogP contribution in [0.4, 0.5) is 0 Å². The molecule has 0 fully saturated rings. The molecule has 0 amide bonds. The van der Waals surface area contributed by atoms with Gasteiger partial charge in [0.05, 0.1) is 13.0 Å². The van der Waals surface area contributed by atoms with E-state index in [1.54, 1.807) is 6.08 Å². The highest BCUT2D eigenvalue weighted by atomic mass is 16.5. The summed E-state index contributed by atoms with van der Waals surface area (Å²) in [5, 5.41) is 0. The summed E-state index contributed by atoms with van der Waals surface area (Å²) < 4.78 is 4.60. The number of ether oxygens (including phenoxy) is 1. The highest BCUT2D eigenvalue weighted by molar-refractivity contribution is 6.03. The van der Waals surface area contributed by atoms with E-state index in [-0.39, 0.29) is 23.6 Å². The maximum Gasteiger partial charge on any atom is 0.334 e. The summed E-state index contributed by atoms with van der Waals surface area (Å²) in [6.45, 7) is 0. The van der Waals surface area contributed by atoms with Crippen LogP contribution in [0.25, 0.3) is 0 Å². The summed E-state index contributed by atoms with van der Waals surface area (Å²) in [5.41, 5.74) is 0.498. The first-order valence-electron chi connectivity index (χ1n) is 4.24. The number of hydrogen-bond donors (Lipinski definition) is 0. The topological polar surface area (TPSA) is 43.4 Å². The van der Waals surface area contributed by atoms with E-state index in [0.717, 1.165) is 0 Å². The molecule has 0 saturated carbocycles. The standard InChI is InChI=1S/C10H10O3/c1-13-10(12)8-5-3-6-2-4-7(8)9(6)11/h2,4-7H,3H2,1H3. The first-order valence-corrected chi connectivity index (χ1v) is 4.24. The summed E-state index contributed by atoms with van der Waals surface area (Å²) in [6, 6.07) is 0. The summed E-state index contributed by atoms with van der Waals surface area (Å²) >= 11 is 0. The number of methoxy groups -OCH3 is 1. The lowest BCUT2D eigenvalue weighted by Gasteiger charge is -2.17. The number of hydrogen-bond acceptors (Lipinski definition) is 3. The van der Waals surface area contributed by atoms with Gasteiger partial charge >= 0.3 is 5.97 Å². The third kappa shape index (κ3) is 1.11. The van der Waals surface area contributed by atoms with E-state index >= 15 is 0 Å². The van der Waals surface area contributed by atoms with Crippen molar-refractivity contribution in [2.75, 3.05) is 7.11 Å².